The van der Waals surface area contributed by atoms with Gasteiger partial charge in [-0.25, -0.2) is 4.79 Å². The lowest BCUT2D eigenvalue weighted by Crippen LogP contribution is -2.38. The molecule has 0 radical (unpaired) electrons. The molecule has 1 amide bonds. The topological polar surface area (TPSA) is 84.9 Å². The van der Waals surface area contributed by atoms with Crippen molar-refractivity contribution in [2.75, 3.05) is 5.32 Å². The maximum Gasteiger partial charge on any atom is 0.347 e. The molecule has 6 heteroatoms. The lowest BCUT2D eigenvalue weighted by atomic mass is 10.1. The van der Waals surface area contributed by atoms with Crippen LogP contribution in [0.3, 0.4) is 0 Å². The normalized spacial score (nSPS) is 12.0. The number of ether oxygens (including phenoxy) is 2. The fourth-order valence-corrected chi connectivity index (χ4v) is 3.01. The van der Waals surface area contributed by atoms with Gasteiger partial charge in [0.1, 0.15) is 11.5 Å². The zero-order valence-corrected chi connectivity index (χ0v) is 18.6. The van der Waals surface area contributed by atoms with Crippen LogP contribution >= 0.6 is 0 Å². The van der Waals surface area contributed by atoms with Gasteiger partial charge in [-0.2, -0.15) is 0 Å². The predicted molar refractivity (Wildman–Crippen MR) is 124 cm³/mol. The first-order valence-corrected chi connectivity index (χ1v) is 10.3. The van der Waals surface area contributed by atoms with Crippen molar-refractivity contribution in [1.82, 2.24) is 0 Å². The number of rotatable bonds is 8. The number of aryl methyl sites for hydroxylation is 1. The van der Waals surface area contributed by atoms with E-state index in [4.69, 9.17) is 9.47 Å². The fraction of sp³-hybridized carbons (Fsp3) is 0.231. The Balaban J connectivity index is 1.61. The van der Waals surface area contributed by atoms with Crippen LogP contribution in [-0.4, -0.2) is 28.7 Å². The molecule has 3 aromatic carbocycles. The van der Waals surface area contributed by atoms with E-state index in [1.165, 1.54) is 13.8 Å². The first-order valence-electron chi connectivity index (χ1n) is 10.3. The number of carbonyl (C=O) groups excluding carboxylic acids is 1. The molecule has 3 aromatic rings. The van der Waals surface area contributed by atoms with Gasteiger partial charge in [0.2, 0.25) is 0 Å². The van der Waals surface area contributed by atoms with Crippen LogP contribution in [0.25, 0.3) is 11.1 Å². The van der Waals surface area contributed by atoms with Gasteiger partial charge in [0, 0.05) is 5.69 Å². The standard InChI is InChI=1S/C26H27NO5/c1-17-16-22(14-15-23(17)32-26(3,4)25(29)30)31-18(2)24(28)27-21-12-10-20(11-13-21)19-8-6-5-7-9-19/h5-16,18H,1-4H3,(H,27,28)(H,29,30). The van der Waals surface area contributed by atoms with Crippen LogP contribution < -0.4 is 14.8 Å². The Kier molecular flexibility index (Phi) is 6.83. The molecule has 0 saturated carbocycles. The molecule has 0 aromatic heterocycles. The van der Waals surface area contributed by atoms with E-state index >= 15 is 0 Å². The molecule has 0 bridgehead atoms. The summed E-state index contributed by atoms with van der Waals surface area (Å²) in [6.45, 7) is 6.43. The van der Waals surface area contributed by atoms with Crippen molar-refractivity contribution in [3.8, 4) is 22.6 Å². The van der Waals surface area contributed by atoms with E-state index in [1.54, 1.807) is 32.0 Å². The molecule has 1 unspecified atom stereocenters. The number of carboxylic acid groups (broad SMARTS) is 1. The summed E-state index contributed by atoms with van der Waals surface area (Å²) in [6.07, 6.45) is -0.731. The molecule has 0 fully saturated rings. The molecule has 1 atom stereocenters. The third-order valence-corrected chi connectivity index (χ3v) is 4.97. The Bertz CT molecular complexity index is 1090. The average molecular weight is 434 g/mol. The molecular weight excluding hydrogens is 406 g/mol. The first-order chi connectivity index (χ1) is 15.2. The van der Waals surface area contributed by atoms with Crippen LogP contribution in [0.4, 0.5) is 5.69 Å². The van der Waals surface area contributed by atoms with Gasteiger partial charge in [0.05, 0.1) is 0 Å². The summed E-state index contributed by atoms with van der Waals surface area (Å²) in [5.74, 6) is -0.396. The number of amides is 1. The quantitative estimate of drug-likeness (QED) is 0.503. The molecule has 32 heavy (non-hydrogen) atoms. The molecule has 6 nitrogen and oxygen atoms in total. The summed E-state index contributed by atoms with van der Waals surface area (Å²) in [5, 5.41) is 12.1. The van der Waals surface area contributed by atoms with Crippen LogP contribution in [0.5, 0.6) is 11.5 Å². The minimum absolute atomic E-state index is 0.276. The van der Waals surface area contributed by atoms with Gasteiger partial charge in [-0.15, -0.1) is 0 Å². The van der Waals surface area contributed by atoms with E-state index in [9.17, 15) is 14.7 Å². The fourth-order valence-electron chi connectivity index (χ4n) is 3.01. The number of hydrogen-bond acceptors (Lipinski definition) is 4. The summed E-state index contributed by atoms with van der Waals surface area (Å²) in [4.78, 5) is 23.8. The highest BCUT2D eigenvalue weighted by Gasteiger charge is 2.30. The van der Waals surface area contributed by atoms with E-state index in [0.717, 1.165) is 11.1 Å². The minimum atomic E-state index is -1.35. The zero-order chi connectivity index (χ0) is 23.3. The maximum atomic E-state index is 12.6. The van der Waals surface area contributed by atoms with Crippen LogP contribution in [0, 0.1) is 6.92 Å². The second-order valence-corrected chi connectivity index (χ2v) is 8.04. The van der Waals surface area contributed by atoms with Crippen LogP contribution in [0.1, 0.15) is 26.3 Å². The third-order valence-electron chi connectivity index (χ3n) is 4.97. The van der Waals surface area contributed by atoms with Crippen molar-refractivity contribution in [3.63, 3.8) is 0 Å². The highest BCUT2D eigenvalue weighted by atomic mass is 16.5. The third kappa shape index (κ3) is 5.66. The number of carbonyl (C=O) groups is 2. The number of aliphatic carboxylic acids is 1. The average Bonchev–Trinajstić information content (AvgIpc) is 2.76. The van der Waals surface area contributed by atoms with E-state index in [2.05, 4.69) is 5.32 Å². The number of carboxylic acids is 1. The summed E-state index contributed by atoms with van der Waals surface area (Å²) in [6, 6.07) is 22.6. The van der Waals surface area contributed by atoms with Gasteiger partial charge in [0.25, 0.3) is 5.91 Å². The molecule has 3 rings (SSSR count). The highest BCUT2D eigenvalue weighted by molar-refractivity contribution is 5.94. The van der Waals surface area contributed by atoms with Gasteiger partial charge < -0.3 is 19.9 Å². The van der Waals surface area contributed by atoms with Crippen molar-refractivity contribution in [2.24, 2.45) is 0 Å². The monoisotopic (exact) mass is 433 g/mol. The molecule has 0 heterocycles. The summed E-state index contributed by atoms with van der Waals surface area (Å²) in [5.41, 5.74) is 2.21. The smallest absolute Gasteiger partial charge is 0.347 e. The molecule has 0 spiro atoms. The number of hydrogen-bond donors (Lipinski definition) is 2. The van der Waals surface area contributed by atoms with E-state index in [0.29, 0.717) is 22.7 Å². The van der Waals surface area contributed by atoms with E-state index in [1.807, 2.05) is 54.6 Å². The van der Waals surface area contributed by atoms with Gasteiger partial charge in [-0.1, -0.05) is 42.5 Å². The van der Waals surface area contributed by atoms with Crippen LogP contribution in [0.2, 0.25) is 0 Å². The Hall–Kier alpha value is -3.80. The summed E-state index contributed by atoms with van der Waals surface area (Å²) < 4.78 is 11.4. The van der Waals surface area contributed by atoms with Crippen LogP contribution in [0.15, 0.2) is 72.8 Å². The molecule has 0 aliphatic carbocycles. The van der Waals surface area contributed by atoms with Gasteiger partial charge in [-0.05, 0) is 74.7 Å². The Morgan fingerprint density at radius 2 is 1.56 bits per heavy atom. The molecule has 0 aliphatic rings. The predicted octanol–water partition coefficient (Wildman–Crippen LogP) is 5.31. The Labute approximate surface area is 187 Å². The largest absolute Gasteiger partial charge is 0.481 e. The number of benzene rings is 3. The molecule has 0 saturated heterocycles. The van der Waals surface area contributed by atoms with Crippen molar-refractivity contribution in [3.05, 3.63) is 78.4 Å². The summed E-state index contributed by atoms with van der Waals surface area (Å²) >= 11 is 0. The minimum Gasteiger partial charge on any atom is -0.481 e. The second-order valence-electron chi connectivity index (χ2n) is 8.04. The van der Waals surface area contributed by atoms with Gasteiger partial charge in [0.15, 0.2) is 11.7 Å². The molecule has 2 N–H and O–H groups in total. The van der Waals surface area contributed by atoms with Crippen molar-refractivity contribution < 1.29 is 24.2 Å². The SMILES string of the molecule is Cc1cc(OC(C)C(=O)Nc2ccc(-c3ccccc3)cc2)ccc1OC(C)(C)C(=O)O. The van der Waals surface area contributed by atoms with Crippen molar-refractivity contribution >= 4 is 17.6 Å². The Morgan fingerprint density at radius 3 is 2.16 bits per heavy atom. The molecule has 0 aliphatic heterocycles. The highest BCUT2D eigenvalue weighted by Crippen LogP contribution is 2.28. The lowest BCUT2D eigenvalue weighted by Gasteiger charge is -2.23. The van der Waals surface area contributed by atoms with Crippen molar-refractivity contribution in [2.45, 2.75) is 39.4 Å². The lowest BCUT2D eigenvalue weighted by molar-refractivity contribution is -0.152. The Morgan fingerprint density at radius 1 is 0.938 bits per heavy atom. The van der Waals surface area contributed by atoms with E-state index in [-0.39, 0.29) is 5.91 Å². The molecular formula is C26H27NO5. The van der Waals surface area contributed by atoms with Crippen LogP contribution in [-0.2, 0) is 9.59 Å². The number of nitrogens with one attached hydrogen (secondary N) is 1. The van der Waals surface area contributed by atoms with Gasteiger partial charge in [-0.3, -0.25) is 4.79 Å². The zero-order valence-electron chi connectivity index (χ0n) is 18.6. The van der Waals surface area contributed by atoms with Gasteiger partial charge >= 0.3 is 5.97 Å². The van der Waals surface area contributed by atoms with Crippen molar-refractivity contribution in [1.29, 1.82) is 0 Å². The van der Waals surface area contributed by atoms with E-state index < -0.39 is 17.7 Å². The maximum absolute atomic E-state index is 12.6. The number of anilines is 1. The molecule has 166 valence electrons. The first kappa shape index (κ1) is 22.9. The second kappa shape index (κ2) is 9.56. The summed E-state index contributed by atoms with van der Waals surface area (Å²) in [7, 11) is 0.